The first-order valence-electron chi connectivity index (χ1n) is 10.8. The van der Waals surface area contributed by atoms with Crippen molar-refractivity contribution < 1.29 is 9.59 Å². The Morgan fingerprint density at radius 3 is 2.77 bits per heavy atom. The predicted octanol–water partition coefficient (Wildman–Crippen LogP) is 3.04. The number of nitrogens with zero attached hydrogens (tertiary/aromatic N) is 3. The Bertz CT molecular complexity index is 1250. The number of hydrogen-bond acceptors (Lipinski definition) is 4. The Hall–Kier alpha value is -3.48. The fourth-order valence-corrected chi connectivity index (χ4v) is 4.53. The third kappa shape index (κ3) is 3.71. The summed E-state index contributed by atoms with van der Waals surface area (Å²) >= 11 is 0. The molecule has 0 unspecified atom stereocenters. The van der Waals surface area contributed by atoms with Crippen LogP contribution in [-0.2, 0) is 29.0 Å². The highest BCUT2D eigenvalue weighted by Gasteiger charge is 2.25. The zero-order chi connectivity index (χ0) is 21.4. The first-order chi connectivity index (χ1) is 15.1. The van der Waals surface area contributed by atoms with Crippen LogP contribution in [0.25, 0.3) is 10.9 Å². The fourth-order valence-electron chi connectivity index (χ4n) is 4.53. The Labute approximate surface area is 179 Å². The first-order valence-corrected chi connectivity index (χ1v) is 10.8. The van der Waals surface area contributed by atoms with Crippen LogP contribution in [0.5, 0.6) is 0 Å². The van der Waals surface area contributed by atoms with E-state index < -0.39 is 5.91 Å². The van der Waals surface area contributed by atoms with Gasteiger partial charge in [0, 0.05) is 30.9 Å². The lowest BCUT2D eigenvalue weighted by atomic mass is 10.2. The van der Waals surface area contributed by atoms with Crippen molar-refractivity contribution in [2.45, 2.75) is 45.1 Å². The molecule has 3 aromatic rings. The van der Waals surface area contributed by atoms with Gasteiger partial charge in [0.1, 0.15) is 12.2 Å². The number of nitrogens with one attached hydrogen (secondary N) is 1. The molecule has 0 bridgehead atoms. The van der Waals surface area contributed by atoms with Crippen LogP contribution in [0.3, 0.4) is 0 Å². The van der Waals surface area contributed by atoms with E-state index in [-0.39, 0.29) is 17.9 Å². The van der Waals surface area contributed by atoms with Gasteiger partial charge < -0.3 is 10.2 Å². The number of rotatable bonds is 3. The van der Waals surface area contributed by atoms with E-state index in [0.717, 1.165) is 49.2 Å². The van der Waals surface area contributed by atoms with Crippen molar-refractivity contribution in [1.82, 2.24) is 9.55 Å². The molecule has 1 N–H and O–H groups in total. The summed E-state index contributed by atoms with van der Waals surface area (Å²) in [5.74, 6) is 0.218. The van der Waals surface area contributed by atoms with E-state index in [1.807, 2.05) is 24.3 Å². The lowest BCUT2D eigenvalue weighted by Crippen LogP contribution is -2.32. The number of benzene rings is 2. The number of aromatic nitrogens is 2. The molecule has 2 aliphatic heterocycles. The van der Waals surface area contributed by atoms with Crippen LogP contribution in [0.2, 0.25) is 0 Å². The molecule has 3 heterocycles. The van der Waals surface area contributed by atoms with Crippen LogP contribution < -0.4 is 15.8 Å². The van der Waals surface area contributed by atoms with E-state index in [0.29, 0.717) is 29.7 Å². The van der Waals surface area contributed by atoms with Crippen LogP contribution in [0.1, 0.15) is 37.1 Å². The molecule has 7 heteroatoms. The average molecular weight is 416 g/mol. The van der Waals surface area contributed by atoms with Crippen LogP contribution in [0.15, 0.2) is 47.3 Å². The maximum absolute atomic E-state index is 13.0. The van der Waals surface area contributed by atoms with Gasteiger partial charge in [0.25, 0.3) is 5.56 Å². The standard InChI is InChI=1S/C24H24N4O3/c29-22(15-23(30)27-13-11-16-6-3-4-7-20(16)27)25-17-9-10-19-18(14-17)24(31)28-12-5-1-2-8-21(28)26-19/h3-4,6-7,9-10,14H,1-2,5,8,11-13,15H2,(H,25,29). The minimum Gasteiger partial charge on any atom is -0.326 e. The van der Waals surface area contributed by atoms with Gasteiger partial charge in [0.2, 0.25) is 11.8 Å². The second-order valence-corrected chi connectivity index (χ2v) is 8.18. The molecular formula is C24H24N4O3. The Morgan fingerprint density at radius 2 is 1.87 bits per heavy atom. The predicted molar refractivity (Wildman–Crippen MR) is 119 cm³/mol. The molecule has 158 valence electrons. The summed E-state index contributed by atoms with van der Waals surface area (Å²) in [4.78, 5) is 44.5. The SMILES string of the molecule is O=C(CC(=O)N1CCc2ccccc21)Nc1ccc2nc3n(c(=O)c2c1)CCCCC3. The lowest BCUT2D eigenvalue weighted by molar-refractivity contribution is -0.125. The monoisotopic (exact) mass is 416 g/mol. The summed E-state index contributed by atoms with van der Waals surface area (Å²) in [6.45, 7) is 1.27. The third-order valence-corrected chi connectivity index (χ3v) is 6.10. The first kappa shape index (κ1) is 19.5. The summed E-state index contributed by atoms with van der Waals surface area (Å²) in [5.41, 5.74) is 3.08. The van der Waals surface area contributed by atoms with E-state index in [9.17, 15) is 14.4 Å². The van der Waals surface area contributed by atoms with Gasteiger partial charge in [-0.25, -0.2) is 4.98 Å². The van der Waals surface area contributed by atoms with Gasteiger partial charge in [-0.2, -0.15) is 0 Å². The number of para-hydroxylation sites is 1. The number of aryl methyl sites for hydroxylation is 1. The van der Waals surface area contributed by atoms with Crippen molar-refractivity contribution >= 4 is 34.1 Å². The van der Waals surface area contributed by atoms with Gasteiger partial charge in [-0.3, -0.25) is 19.0 Å². The molecule has 7 nitrogen and oxygen atoms in total. The molecule has 2 aliphatic rings. The van der Waals surface area contributed by atoms with Crippen molar-refractivity contribution in [3.8, 4) is 0 Å². The van der Waals surface area contributed by atoms with Gasteiger partial charge in [0.15, 0.2) is 0 Å². The zero-order valence-corrected chi connectivity index (χ0v) is 17.3. The van der Waals surface area contributed by atoms with Crippen molar-refractivity contribution in [1.29, 1.82) is 0 Å². The minimum atomic E-state index is -0.392. The molecule has 2 aromatic carbocycles. The van der Waals surface area contributed by atoms with Gasteiger partial charge in [0.05, 0.1) is 10.9 Å². The maximum Gasteiger partial charge on any atom is 0.261 e. The van der Waals surface area contributed by atoms with E-state index >= 15 is 0 Å². The van der Waals surface area contributed by atoms with E-state index in [4.69, 9.17) is 0 Å². The van der Waals surface area contributed by atoms with E-state index in [1.165, 1.54) is 0 Å². The molecule has 2 amide bonds. The second kappa shape index (κ2) is 7.98. The lowest BCUT2D eigenvalue weighted by Gasteiger charge is -2.17. The molecule has 0 saturated heterocycles. The maximum atomic E-state index is 13.0. The van der Waals surface area contributed by atoms with Crippen molar-refractivity contribution in [2.75, 3.05) is 16.8 Å². The molecule has 5 rings (SSSR count). The number of anilines is 2. The van der Waals surface area contributed by atoms with E-state index in [1.54, 1.807) is 27.7 Å². The van der Waals surface area contributed by atoms with Crippen LogP contribution in [0, 0.1) is 0 Å². The van der Waals surface area contributed by atoms with E-state index in [2.05, 4.69) is 10.3 Å². The summed E-state index contributed by atoms with van der Waals surface area (Å²) in [6.07, 6.45) is 4.48. The molecule has 0 radical (unpaired) electrons. The topological polar surface area (TPSA) is 84.3 Å². The zero-order valence-electron chi connectivity index (χ0n) is 17.3. The number of amides is 2. The second-order valence-electron chi connectivity index (χ2n) is 8.18. The third-order valence-electron chi connectivity index (χ3n) is 6.10. The average Bonchev–Trinajstić information content (AvgIpc) is 3.06. The van der Waals surface area contributed by atoms with Crippen LogP contribution in [-0.4, -0.2) is 27.9 Å². The highest BCUT2D eigenvalue weighted by molar-refractivity contribution is 6.10. The quantitative estimate of drug-likeness (QED) is 0.665. The summed E-state index contributed by atoms with van der Waals surface area (Å²) in [7, 11) is 0. The largest absolute Gasteiger partial charge is 0.326 e. The fraction of sp³-hybridized carbons (Fsp3) is 0.333. The number of fused-ring (bicyclic) bond motifs is 3. The Kier molecular flexibility index (Phi) is 5.02. The van der Waals surface area contributed by atoms with Gasteiger partial charge in [-0.1, -0.05) is 24.6 Å². The van der Waals surface area contributed by atoms with Gasteiger partial charge >= 0.3 is 0 Å². The summed E-state index contributed by atoms with van der Waals surface area (Å²) in [5, 5.41) is 3.26. The highest BCUT2D eigenvalue weighted by Crippen LogP contribution is 2.28. The van der Waals surface area contributed by atoms with Gasteiger partial charge in [-0.15, -0.1) is 0 Å². The number of carbonyl (C=O) groups is 2. The smallest absolute Gasteiger partial charge is 0.261 e. The molecular weight excluding hydrogens is 392 g/mol. The molecule has 0 atom stereocenters. The van der Waals surface area contributed by atoms with Crippen molar-refractivity contribution in [3.05, 3.63) is 64.2 Å². The van der Waals surface area contributed by atoms with Crippen molar-refractivity contribution in [3.63, 3.8) is 0 Å². The Morgan fingerprint density at radius 1 is 1.00 bits per heavy atom. The molecule has 31 heavy (non-hydrogen) atoms. The van der Waals surface area contributed by atoms with Gasteiger partial charge in [-0.05, 0) is 49.1 Å². The molecule has 0 aliphatic carbocycles. The molecule has 0 saturated carbocycles. The normalized spacial score (nSPS) is 15.3. The minimum absolute atomic E-state index is 0.0669. The Balaban J connectivity index is 1.33. The number of carbonyl (C=O) groups excluding carboxylic acids is 2. The summed E-state index contributed by atoms with van der Waals surface area (Å²) < 4.78 is 1.76. The van der Waals surface area contributed by atoms with Crippen molar-refractivity contribution in [2.24, 2.45) is 0 Å². The number of hydrogen-bond donors (Lipinski definition) is 1. The highest BCUT2D eigenvalue weighted by atomic mass is 16.2. The van der Waals surface area contributed by atoms with Crippen LogP contribution in [0.4, 0.5) is 11.4 Å². The van der Waals surface area contributed by atoms with Crippen LogP contribution >= 0.6 is 0 Å². The molecule has 0 spiro atoms. The molecule has 1 aromatic heterocycles. The molecule has 0 fully saturated rings. The summed E-state index contributed by atoms with van der Waals surface area (Å²) in [6, 6.07) is 12.9.